The van der Waals surface area contributed by atoms with Gasteiger partial charge in [-0.25, -0.2) is 0 Å². The molecular weight excluding hydrogens is 306 g/mol. The molecule has 0 aromatic carbocycles. The van der Waals surface area contributed by atoms with E-state index in [1.54, 1.807) is 6.26 Å². The van der Waals surface area contributed by atoms with Crippen molar-refractivity contribution < 1.29 is 4.42 Å². The third-order valence-corrected chi connectivity index (χ3v) is 3.72. The fourth-order valence-corrected chi connectivity index (χ4v) is 2.59. The molecule has 0 aliphatic carbocycles. The summed E-state index contributed by atoms with van der Waals surface area (Å²) in [6.07, 6.45) is 4.59. The predicted octanol–water partition coefficient (Wildman–Crippen LogP) is 3.71. The SMILES string of the molecule is CCNC(Cc1ccn(C(C)C)n1)c1ccoc1Br. The normalized spacial score (nSPS) is 13.1. The molecule has 0 aliphatic rings. The van der Waals surface area contributed by atoms with E-state index >= 15 is 0 Å². The number of nitrogens with one attached hydrogen (secondary N) is 1. The van der Waals surface area contributed by atoms with Crippen molar-refractivity contribution in [3.05, 3.63) is 40.5 Å². The van der Waals surface area contributed by atoms with Crippen LogP contribution in [-0.2, 0) is 6.42 Å². The zero-order chi connectivity index (χ0) is 13.8. The highest BCUT2D eigenvalue weighted by Crippen LogP contribution is 2.26. The topological polar surface area (TPSA) is 43.0 Å². The average molecular weight is 326 g/mol. The molecule has 0 bridgehead atoms. The van der Waals surface area contributed by atoms with E-state index < -0.39 is 0 Å². The van der Waals surface area contributed by atoms with Crippen LogP contribution in [0.3, 0.4) is 0 Å². The smallest absolute Gasteiger partial charge is 0.173 e. The molecule has 2 heterocycles. The molecule has 0 fully saturated rings. The predicted molar refractivity (Wildman–Crippen MR) is 79.1 cm³/mol. The molecule has 1 unspecified atom stereocenters. The maximum Gasteiger partial charge on any atom is 0.173 e. The van der Waals surface area contributed by atoms with Crippen LogP contribution in [0.5, 0.6) is 0 Å². The third-order valence-electron chi connectivity index (χ3n) is 3.08. The maximum atomic E-state index is 5.32. The molecule has 0 radical (unpaired) electrons. The van der Waals surface area contributed by atoms with Crippen molar-refractivity contribution in [2.24, 2.45) is 0 Å². The van der Waals surface area contributed by atoms with Crippen molar-refractivity contribution >= 4 is 15.9 Å². The number of hydrogen-bond acceptors (Lipinski definition) is 3. The van der Waals surface area contributed by atoms with Gasteiger partial charge in [0, 0.05) is 30.3 Å². The first kappa shape index (κ1) is 14.3. The summed E-state index contributed by atoms with van der Waals surface area (Å²) in [7, 11) is 0. The Labute approximate surface area is 122 Å². The van der Waals surface area contributed by atoms with Crippen LogP contribution in [0, 0.1) is 0 Å². The lowest BCUT2D eigenvalue weighted by molar-refractivity contribution is 0.492. The Kier molecular flexibility index (Phi) is 4.82. The molecule has 0 saturated carbocycles. The maximum absolute atomic E-state index is 5.32. The fraction of sp³-hybridized carbons (Fsp3) is 0.500. The Balaban J connectivity index is 2.14. The van der Waals surface area contributed by atoms with Gasteiger partial charge in [0.2, 0.25) is 0 Å². The van der Waals surface area contributed by atoms with Crippen molar-refractivity contribution in [2.75, 3.05) is 6.54 Å². The van der Waals surface area contributed by atoms with Gasteiger partial charge in [-0.3, -0.25) is 4.68 Å². The second-order valence-electron chi connectivity index (χ2n) is 4.84. The minimum Gasteiger partial charge on any atom is -0.457 e. The lowest BCUT2D eigenvalue weighted by Crippen LogP contribution is -2.23. The molecule has 104 valence electrons. The van der Waals surface area contributed by atoms with Crippen molar-refractivity contribution in [3.63, 3.8) is 0 Å². The number of halogens is 1. The molecule has 5 heteroatoms. The van der Waals surface area contributed by atoms with Gasteiger partial charge in [0.05, 0.1) is 12.0 Å². The van der Waals surface area contributed by atoms with Crippen LogP contribution >= 0.6 is 15.9 Å². The van der Waals surface area contributed by atoms with Crippen molar-refractivity contribution in [1.82, 2.24) is 15.1 Å². The van der Waals surface area contributed by atoms with Gasteiger partial charge in [-0.2, -0.15) is 5.10 Å². The minimum absolute atomic E-state index is 0.216. The van der Waals surface area contributed by atoms with Crippen molar-refractivity contribution in [2.45, 2.75) is 39.3 Å². The third kappa shape index (κ3) is 3.48. The van der Waals surface area contributed by atoms with Gasteiger partial charge in [0.1, 0.15) is 0 Å². The Morgan fingerprint density at radius 2 is 2.21 bits per heavy atom. The van der Waals surface area contributed by atoms with Crippen LogP contribution in [0.2, 0.25) is 0 Å². The van der Waals surface area contributed by atoms with Crippen LogP contribution in [0.25, 0.3) is 0 Å². The molecule has 2 rings (SSSR count). The van der Waals surface area contributed by atoms with E-state index in [4.69, 9.17) is 4.42 Å². The quantitative estimate of drug-likeness (QED) is 0.880. The van der Waals surface area contributed by atoms with Crippen molar-refractivity contribution in [1.29, 1.82) is 0 Å². The van der Waals surface area contributed by atoms with Crippen molar-refractivity contribution in [3.8, 4) is 0 Å². The summed E-state index contributed by atoms with van der Waals surface area (Å²) >= 11 is 3.45. The number of hydrogen-bond donors (Lipinski definition) is 1. The number of likely N-dealkylation sites (N-methyl/N-ethyl adjacent to an activating group) is 1. The summed E-state index contributed by atoms with van der Waals surface area (Å²) in [5.74, 6) is 0. The monoisotopic (exact) mass is 325 g/mol. The molecule has 2 aromatic heterocycles. The summed E-state index contributed by atoms with van der Waals surface area (Å²) in [5, 5.41) is 8.08. The zero-order valence-electron chi connectivity index (χ0n) is 11.6. The van der Waals surface area contributed by atoms with E-state index in [-0.39, 0.29) is 6.04 Å². The molecule has 0 saturated heterocycles. The van der Waals surface area contributed by atoms with Gasteiger partial charge in [0.25, 0.3) is 0 Å². The number of aromatic nitrogens is 2. The van der Waals surface area contributed by atoms with E-state index in [9.17, 15) is 0 Å². The summed E-state index contributed by atoms with van der Waals surface area (Å²) in [6.45, 7) is 7.28. The van der Waals surface area contributed by atoms with Crippen LogP contribution in [0.1, 0.15) is 44.1 Å². The summed E-state index contributed by atoms with van der Waals surface area (Å²) in [6, 6.07) is 4.69. The number of furan rings is 1. The van der Waals surface area contributed by atoms with Crippen LogP contribution in [0.15, 0.2) is 33.7 Å². The molecule has 19 heavy (non-hydrogen) atoms. The van der Waals surface area contributed by atoms with Gasteiger partial charge < -0.3 is 9.73 Å². The summed E-state index contributed by atoms with van der Waals surface area (Å²) < 4.78 is 8.11. The average Bonchev–Trinajstić information content (AvgIpc) is 2.97. The van der Waals surface area contributed by atoms with Gasteiger partial charge in [-0.15, -0.1) is 0 Å². The second-order valence-corrected chi connectivity index (χ2v) is 5.57. The first-order valence-corrected chi connectivity index (χ1v) is 7.41. The van der Waals surface area contributed by atoms with E-state index in [0.29, 0.717) is 6.04 Å². The van der Waals surface area contributed by atoms with E-state index in [2.05, 4.69) is 53.2 Å². The first-order valence-electron chi connectivity index (χ1n) is 6.62. The fourth-order valence-electron chi connectivity index (χ4n) is 2.08. The lowest BCUT2D eigenvalue weighted by Gasteiger charge is -2.15. The van der Waals surface area contributed by atoms with Gasteiger partial charge >= 0.3 is 0 Å². The summed E-state index contributed by atoms with van der Waals surface area (Å²) in [4.78, 5) is 0. The molecular formula is C14H20BrN3O. The van der Waals surface area contributed by atoms with Gasteiger partial charge in [0.15, 0.2) is 4.67 Å². The van der Waals surface area contributed by atoms with Gasteiger partial charge in [-0.05, 0) is 48.5 Å². The van der Waals surface area contributed by atoms with E-state index in [1.807, 2.05) is 16.9 Å². The Morgan fingerprint density at radius 3 is 2.74 bits per heavy atom. The Hall–Kier alpha value is -1.07. The minimum atomic E-state index is 0.216. The molecule has 1 atom stereocenters. The Bertz CT molecular complexity index is 518. The molecule has 4 nitrogen and oxygen atoms in total. The molecule has 1 N–H and O–H groups in total. The van der Waals surface area contributed by atoms with Crippen LogP contribution in [0.4, 0.5) is 0 Å². The standard InChI is InChI=1S/C14H20BrN3O/c1-4-16-13(12-6-8-19-14(12)15)9-11-5-7-18(17-11)10(2)3/h5-8,10,13,16H,4,9H2,1-3H3. The largest absolute Gasteiger partial charge is 0.457 e. The first-order chi connectivity index (χ1) is 9.11. The van der Waals surface area contributed by atoms with E-state index in [1.165, 1.54) is 0 Å². The van der Waals surface area contributed by atoms with Gasteiger partial charge in [-0.1, -0.05) is 6.92 Å². The number of nitrogens with zero attached hydrogens (tertiary/aromatic N) is 2. The van der Waals surface area contributed by atoms with E-state index in [0.717, 1.165) is 28.9 Å². The molecule has 0 spiro atoms. The highest BCUT2D eigenvalue weighted by molar-refractivity contribution is 9.10. The highest BCUT2D eigenvalue weighted by Gasteiger charge is 2.17. The van der Waals surface area contributed by atoms with Crippen LogP contribution in [-0.4, -0.2) is 16.3 Å². The van der Waals surface area contributed by atoms with Crippen LogP contribution < -0.4 is 5.32 Å². The molecule has 2 aromatic rings. The second kappa shape index (κ2) is 6.39. The highest BCUT2D eigenvalue weighted by atomic mass is 79.9. The number of rotatable bonds is 6. The Morgan fingerprint density at radius 1 is 1.42 bits per heavy atom. The molecule has 0 aliphatic heterocycles. The summed E-state index contributed by atoms with van der Waals surface area (Å²) in [5.41, 5.74) is 2.23. The zero-order valence-corrected chi connectivity index (χ0v) is 13.1. The lowest BCUT2D eigenvalue weighted by atomic mass is 10.1. The molecule has 0 amide bonds.